The van der Waals surface area contributed by atoms with Gasteiger partial charge in [-0.15, -0.1) is 0 Å². The second-order valence-electron chi connectivity index (χ2n) is 3.86. The molecule has 19 heavy (non-hydrogen) atoms. The standard InChI is InChI=1S/C13H12F3N3/c1-2-19(11-6-4-3-5-8(11)14)13-10(16)7-9(15)12(17)18-13/h3-7H,2H2,1H3,(H2,17,18). The van der Waals surface area contributed by atoms with Gasteiger partial charge in [0.05, 0.1) is 5.69 Å². The number of nitrogens with two attached hydrogens (primary N) is 1. The number of aromatic nitrogens is 1. The van der Waals surface area contributed by atoms with E-state index in [0.29, 0.717) is 6.07 Å². The monoisotopic (exact) mass is 267 g/mol. The van der Waals surface area contributed by atoms with Crippen LogP contribution in [-0.4, -0.2) is 11.5 Å². The van der Waals surface area contributed by atoms with Crippen LogP contribution < -0.4 is 10.6 Å². The molecule has 0 saturated carbocycles. The van der Waals surface area contributed by atoms with Crippen LogP contribution in [-0.2, 0) is 0 Å². The number of pyridine rings is 1. The minimum absolute atomic E-state index is 0.155. The molecule has 3 nitrogen and oxygen atoms in total. The molecule has 2 aromatic rings. The summed E-state index contributed by atoms with van der Waals surface area (Å²) in [6, 6.07) is 6.52. The Morgan fingerprint density at radius 3 is 2.42 bits per heavy atom. The minimum atomic E-state index is -0.939. The SMILES string of the molecule is CCN(c1ccccc1F)c1nc(N)c(F)cc1F. The van der Waals surface area contributed by atoms with Gasteiger partial charge in [-0.2, -0.15) is 0 Å². The first-order valence-corrected chi connectivity index (χ1v) is 5.68. The Morgan fingerprint density at radius 2 is 1.79 bits per heavy atom. The van der Waals surface area contributed by atoms with E-state index in [9.17, 15) is 13.2 Å². The van der Waals surface area contributed by atoms with Crippen molar-refractivity contribution >= 4 is 17.3 Å². The Balaban J connectivity index is 2.55. The van der Waals surface area contributed by atoms with E-state index in [1.165, 1.54) is 23.1 Å². The lowest BCUT2D eigenvalue weighted by molar-refractivity contribution is 0.574. The largest absolute Gasteiger partial charge is 0.381 e. The molecule has 0 bridgehead atoms. The Morgan fingerprint density at radius 1 is 1.11 bits per heavy atom. The van der Waals surface area contributed by atoms with Crippen LogP contribution in [0.3, 0.4) is 0 Å². The topological polar surface area (TPSA) is 42.2 Å². The molecule has 6 heteroatoms. The third-order valence-electron chi connectivity index (χ3n) is 2.65. The summed E-state index contributed by atoms with van der Waals surface area (Å²) in [5, 5.41) is 0. The highest BCUT2D eigenvalue weighted by Crippen LogP contribution is 2.29. The summed E-state index contributed by atoms with van der Waals surface area (Å²) in [5.74, 6) is -2.98. The van der Waals surface area contributed by atoms with Gasteiger partial charge in [-0.05, 0) is 19.1 Å². The smallest absolute Gasteiger partial charge is 0.171 e. The van der Waals surface area contributed by atoms with Crippen molar-refractivity contribution in [1.29, 1.82) is 0 Å². The maximum atomic E-state index is 13.8. The van der Waals surface area contributed by atoms with E-state index in [1.807, 2.05) is 0 Å². The Hall–Kier alpha value is -2.24. The number of nitrogen functional groups attached to an aromatic ring is 1. The number of anilines is 3. The first-order chi connectivity index (χ1) is 9.04. The molecular formula is C13H12F3N3. The van der Waals surface area contributed by atoms with Gasteiger partial charge in [-0.3, -0.25) is 0 Å². The van der Waals surface area contributed by atoms with Crippen molar-refractivity contribution in [1.82, 2.24) is 4.98 Å². The van der Waals surface area contributed by atoms with Crippen molar-refractivity contribution in [2.75, 3.05) is 17.2 Å². The molecule has 0 aliphatic rings. The van der Waals surface area contributed by atoms with Crippen LogP contribution in [0.1, 0.15) is 6.92 Å². The Labute approximate surface area is 108 Å². The summed E-state index contributed by atoms with van der Waals surface area (Å²) in [4.78, 5) is 4.94. The third-order valence-corrected chi connectivity index (χ3v) is 2.65. The number of para-hydroxylation sites is 1. The molecule has 0 spiro atoms. The van der Waals surface area contributed by atoms with E-state index < -0.39 is 23.3 Å². The van der Waals surface area contributed by atoms with Gasteiger partial charge in [0.1, 0.15) is 5.82 Å². The maximum absolute atomic E-state index is 13.8. The predicted octanol–water partition coefficient (Wildman–Crippen LogP) is 3.24. The molecule has 2 rings (SSSR count). The van der Waals surface area contributed by atoms with E-state index in [-0.39, 0.29) is 18.1 Å². The van der Waals surface area contributed by atoms with Crippen molar-refractivity contribution in [3.8, 4) is 0 Å². The van der Waals surface area contributed by atoms with Gasteiger partial charge < -0.3 is 10.6 Å². The summed E-state index contributed by atoms with van der Waals surface area (Å²) in [7, 11) is 0. The molecule has 0 aliphatic heterocycles. The number of hydrogen-bond acceptors (Lipinski definition) is 3. The fourth-order valence-electron chi connectivity index (χ4n) is 1.76. The van der Waals surface area contributed by atoms with E-state index in [2.05, 4.69) is 4.98 Å². The van der Waals surface area contributed by atoms with Crippen LogP contribution in [0.15, 0.2) is 30.3 Å². The maximum Gasteiger partial charge on any atom is 0.171 e. The number of nitrogens with zero attached hydrogens (tertiary/aromatic N) is 2. The summed E-state index contributed by atoms with van der Waals surface area (Å²) in [6.45, 7) is 1.96. The quantitative estimate of drug-likeness (QED) is 0.928. The third kappa shape index (κ3) is 2.47. The molecule has 1 heterocycles. The van der Waals surface area contributed by atoms with Gasteiger partial charge in [0.15, 0.2) is 23.3 Å². The molecule has 0 radical (unpaired) electrons. The summed E-state index contributed by atoms with van der Waals surface area (Å²) in [5.41, 5.74) is 5.48. The highest BCUT2D eigenvalue weighted by atomic mass is 19.1. The lowest BCUT2D eigenvalue weighted by Gasteiger charge is -2.23. The van der Waals surface area contributed by atoms with Gasteiger partial charge in [0, 0.05) is 12.6 Å². The molecule has 0 saturated heterocycles. The van der Waals surface area contributed by atoms with E-state index >= 15 is 0 Å². The molecule has 1 aromatic heterocycles. The summed E-state index contributed by atoms with van der Waals surface area (Å²) < 4.78 is 40.6. The average Bonchev–Trinajstić information content (AvgIpc) is 2.38. The highest BCUT2D eigenvalue weighted by molar-refractivity contribution is 5.62. The molecule has 100 valence electrons. The molecule has 0 amide bonds. The van der Waals surface area contributed by atoms with E-state index in [4.69, 9.17) is 5.73 Å². The number of rotatable bonds is 3. The highest BCUT2D eigenvalue weighted by Gasteiger charge is 2.19. The van der Waals surface area contributed by atoms with Crippen molar-refractivity contribution < 1.29 is 13.2 Å². The lowest BCUT2D eigenvalue weighted by atomic mass is 10.2. The zero-order valence-corrected chi connectivity index (χ0v) is 10.2. The van der Waals surface area contributed by atoms with Crippen LogP contribution >= 0.6 is 0 Å². The second-order valence-corrected chi connectivity index (χ2v) is 3.86. The second kappa shape index (κ2) is 5.17. The predicted molar refractivity (Wildman–Crippen MR) is 67.6 cm³/mol. The number of hydrogen-bond donors (Lipinski definition) is 1. The van der Waals surface area contributed by atoms with Crippen LogP contribution in [0.2, 0.25) is 0 Å². The van der Waals surface area contributed by atoms with Gasteiger partial charge in [-0.1, -0.05) is 12.1 Å². The lowest BCUT2D eigenvalue weighted by Crippen LogP contribution is -2.21. The summed E-state index contributed by atoms with van der Waals surface area (Å²) >= 11 is 0. The van der Waals surface area contributed by atoms with Crippen LogP contribution in [0, 0.1) is 17.5 Å². The average molecular weight is 267 g/mol. The first kappa shape index (κ1) is 13.2. The molecule has 0 fully saturated rings. The molecule has 0 unspecified atom stereocenters. The van der Waals surface area contributed by atoms with Gasteiger partial charge >= 0.3 is 0 Å². The molecule has 1 aromatic carbocycles. The Kier molecular flexibility index (Phi) is 3.59. The van der Waals surface area contributed by atoms with Gasteiger partial charge in [-0.25, -0.2) is 18.2 Å². The van der Waals surface area contributed by atoms with Crippen molar-refractivity contribution in [2.24, 2.45) is 0 Å². The first-order valence-electron chi connectivity index (χ1n) is 5.68. The molecule has 2 N–H and O–H groups in total. The van der Waals surface area contributed by atoms with Crippen molar-refractivity contribution in [3.63, 3.8) is 0 Å². The van der Waals surface area contributed by atoms with Crippen LogP contribution in [0.5, 0.6) is 0 Å². The van der Waals surface area contributed by atoms with Gasteiger partial charge in [0.25, 0.3) is 0 Å². The minimum Gasteiger partial charge on any atom is -0.381 e. The van der Waals surface area contributed by atoms with E-state index in [0.717, 1.165) is 0 Å². The fraction of sp³-hybridized carbons (Fsp3) is 0.154. The van der Waals surface area contributed by atoms with E-state index in [1.54, 1.807) is 13.0 Å². The zero-order valence-electron chi connectivity index (χ0n) is 10.2. The zero-order chi connectivity index (χ0) is 14.0. The summed E-state index contributed by atoms with van der Waals surface area (Å²) in [6.07, 6.45) is 0. The van der Waals surface area contributed by atoms with Crippen LogP contribution in [0.4, 0.5) is 30.5 Å². The van der Waals surface area contributed by atoms with Crippen molar-refractivity contribution in [2.45, 2.75) is 6.92 Å². The molecule has 0 atom stereocenters. The van der Waals surface area contributed by atoms with Crippen LogP contribution in [0.25, 0.3) is 0 Å². The van der Waals surface area contributed by atoms with Gasteiger partial charge in [0.2, 0.25) is 0 Å². The fourth-order valence-corrected chi connectivity index (χ4v) is 1.76. The molecular weight excluding hydrogens is 255 g/mol. The number of halogens is 3. The Bertz CT molecular complexity index is 602. The number of benzene rings is 1. The molecule has 0 aliphatic carbocycles. The normalized spacial score (nSPS) is 10.5. The van der Waals surface area contributed by atoms with Crippen molar-refractivity contribution in [3.05, 3.63) is 47.8 Å².